The zero-order chi connectivity index (χ0) is 26.0. The van der Waals surface area contributed by atoms with Crippen LogP contribution in [0.4, 0.5) is 17.6 Å². The third-order valence-corrected chi connectivity index (χ3v) is 8.85. The van der Waals surface area contributed by atoms with E-state index < -0.39 is 0 Å². The Bertz CT molecular complexity index is 1250. The Morgan fingerprint density at radius 1 is 0.921 bits per heavy atom. The average molecular weight is 527 g/mol. The molecule has 198 valence electrons. The highest BCUT2D eigenvalue weighted by Crippen LogP contribution is 2.40. The quantitative estimate of drug-likeness (QED) is 0.380. The van der Waals surface area contributed by atoms with E-state index in [1.165, 1.54) is 55.2 Å². The van der Waals surface area contributed by atoms with Crippen LogP contribution in [0.2, 0.25) is 0 Å². The lowest BCUT2D eigenvalue weighted by Crippen LogP contribution is -2.41. The van der Waals surface area contributed by atoms with E-state index in [9.17, 15) is 0 Å². The van der Waals surface area contributed by atoms with Gasteiger partial charge in [0.15, 0.2) is 5.11 Å². The number of anilines is 3. The molecule has 6 nitrogen and oxygen atoms in total. The minimum Gasteiger partial charge on any atom is -0.361 e. The van der Waals surface area contributed by atoms with E-state index in [0.29, 0.717) is 17.0 Å². The lowest BCUT2D eigenvalue weighted by Gasteiger charge is -2.33. The predicted molar refractivity (Wildman–Crippen MR) is 160 cm³/mol. The average Bonchev–Trinajstić information content (AvgIpc) is 3.61. The maximum Gasteiger partial charge on any atom is 0.232 e. The van der Waals surface area contributed by atoms with Gasteiger partial charge >= 0.3 is 0 Å². The molecule has 1 atom stereocenters. The highest BCUT2D eigenvalue weighted by Gasteiger charge is 2.35. The maximum atomic E-state index is 5.79. The topological polar surface area (TPSA) is 56.3 Å². The van der Waals surface area contributed by atoms with Gasteiger partial charge in [-0.2, -0.15) is 9.97 Å². The summed E-state index contributed by atoms with van der Waals surface area (Å²) in [4.78, 5) is 14.7. The molecule has 6 rings (SSSR count). The van der Waals surface area contributed by atoms with Crippen molar-refractivity contribution < 1.29 is 0 Å². The minimum atomic E-state index is 0.131. The fraction of sp³-hybridized carbons (Fsp3) is 0.452. The van der Waals surface area contributed by atoms with Crippen molar-refractivity contribution >= 4 is 34.9 Å². The van der Waals surface area contributed by atoms with Crippen molar-refractivity contribution in [1.82, 2.24) is 15.3 Å². The highest BCUT2D eigenvalue weighted by atomic mass is 32.1. The molecule has 1 saturated heterocycles. The molecule has 3 aliphatic rings. The van der Waals surface area contributed by atoms with Crippen molar-refractivity contribution in [2.24, 2.45) is 5.92 Å². The Morgan fingerprint density at radius 2 is 1.58 bits per heavy atom. The van der Waals surface area contributed by atoms with Gasteiger partial charge in [0.05, 0.1) is 0 Å². The summed E-state index contributed by atoms with van der Waals surface area (Å²) in [6.07, 6.45) is 7.37. The van der Waals surface area contributed by atoms with Gasteiger partial charge in [0.1, 0.15) is 11.6 Å². The predicted octanol–water partition coefficient (Wildman–Crippen LogP) is 6.03. The van der Waals surface area contributed by atoms with Crippen molar-refractivity contribution in [2.45, 2.75) is 64.0 Å². The molecule has 2 fully saturated rings. The van der Waals surface area contributed by atoms with E-state index in [4.69, 9.17) is 22.2 Å². The molecule has 1 aromatic heterocycles. The van der Waals surface area contributed by atoms with Gasteiger partial charge in [0, 0.05) is 44.2 Å². The van der Waals surface area contributed by atoms with Crippen molar-refractivity contribution in [3.05, 3.63) is 77.4 Å². The van der Waals surface area contributed by atoms with Gasteiger partial charge in [-0.05, 0) is 60.5 Å². The fourth-order valence-corrected chi connectivity index (χ4v) is 6.66. The molecule has 0 spiro atoms. The van der Waals surface area contributed by atoms with Gasteiger partial charge in [-0.3, -0.25) is 0 Å². The van der Waals surface area contributed by atoms with E-state index in [-0.39, 0.29) is 5.41 Å². The molecule has 1 aliphatic carbocycles. The molecule has 0 radical (unpaired) electrons. The number of hydrogen-bond acceptors (Lipinski definition) is 5. The molecule has 38 heavy (non-hydrogen) atoms. The first-order valence-corrected chi connectivity index (χ1v) is 14.5. The third kappa shape index (κ3) is 5.35. The molecule has 1 unspecified atom stereocenters. The second-order valence-corrected chi connectivity index (χ2v) is 11.8. The lowest BCUT2D eigenvalue weighted by atomic mass is 9.79. The second kappa shape index (κ2) is 10.9. The molecule has 0 amide bonds. The molecular weight excluding hydrogens is 488 g/mol. The summed E-state index contributed by atoms with van der Waals surface area (Å²) < 4.78 is 0. The lowest BCUT2D eigenvalue weighted by molar-refractivity contribution is 0.435. The number of hydrogen-bond donors (Lipinski definition) is 2. The first-order chi connectivity index (χ1) is 18.6. The highest BCUT2D eigenvalue weighted by molar-refractivity contribution is 7.80. The van der Waals surface area contributed by atoms with Crippen LogP contribution in [0.3, 0.4) is 0 Å². The van der Waals surface area contributed by atoms with Crippen LogP contribution < -0.4 is 20.4 Å². The summed E-state index contributed by atoms with van der Waals surface area (Å²) in [5.41, 5.74) is 4.27. The Labute approximate surface area is 231 Å². The van der Waals surface area contributed by atoms with E-state index in [2.05, 4.69) is 88.0 Å². The number of fused-ring (bicyclic) bond motifs is 1. The number of thiocarbonyl (C=S) groups is 1. The standard InChI is InChI=1S/C31H38N6S/c1-23-10-9-17-36(19-23)27-18-28(37-20-24-11-5-6-12-25(24)21-37)34-29(33-27)35-30(38)32-22-31(15-7-8-16-31)26-13-3-2-4-14-26/h2-6,11-14,18,23H,7-10,15-17,19-22H2,1H3,(H2,32,33,34,35,38). The van der Waals surface area contributed by atoms with Gasteiger partial charge in [0.2, 0.25) is 5.95 Å². The SMILES string of the molecule is CC1CCCN(c2cc(N3Cc4ccccc4C3)nc(NC(=S)NCC3(c4ccccc4)CCCC3)n2)C1. The summed E-state index contributed by atoms with van der Waals surface area (Å²) in [5, 5.41) is 7.48. The molecule has 2 aromatic carbocycles. The number of piperidine rings is 1. The second-order valence-electron chi connectivity index (χ2n) is 11.4. The van der Waals surface area contributed by atoms with E-state index in [0.717, 1.165) is 44.4 Å². The van der Waals surface area contributed by atoms with Gasteiger partial charge in [-0.1, -0.05) is 74.4 Å². The summed E-state index contributed by atoms with van der Waals surface area (Å²) in [5.74, 6) is 3.17. The monoisotopic (exact) mass is 526 g/mol. The smallest absolute Gasteiger partial charge is 0.232 e. The van der Waals surface area contributed by atoms with Crippen LogP contribution in [-0.4, -0.2) is 34.7 Å². The van der Waals surface area contributed by atoms with Gasteiger partial charge in [0.25, 0.3) is 0 Å². The molecule has 3 aromatic rings. The number of benzene rings is 2. The number of nitrogens with zero attached hydrogens (tertiary/aromatic N) is 4. The molecule has 3 heterocycles. The normalized spacial score (nSPS) is 20.3. The van der Waals surface area contributed by atoms with Crippen LogP contribution >= 0.6 is 12.2 Å². The molecule has 2 N–H and O–H groups in total. The van der Waals surface area contributed by atoms with Crippen LogP contribution in [0.5, 0.6) is 0 Å². The van der Waals surface area contributed by atoms with E-state index in [1.54, 1.807) is 0 Å². The number of aromatic nitrogens is 2. The summed E-state index contributed by atoms with van der Waals surface area (Å²) in [6, 6.07) is 21.7. The summed E-state index contributed by atoms with van der Waals surface area (Å²) in [7, 11) is 0. The van der Waals surface area contributed by atoms with Crippen LogP contribution in [0, 0.1) is 5.92 Å². The molecule has 1 saturated carbocycles. The largest absolute Gasteiger partial charge is 0.361 e. The van der Waals surface area contributed by atoms with E-state index >= 15 is 0 Å². The molecule has 7 heteroatoms. The van der Waals surface area contributed by atoms with E-state index in [1.807, 2.05) is 0 Å². The minimum absolute atomic E-state index is 0.131. The molecular formula is C31H38N6S. The summed E-state index contributed by atoms with van der Waals surface area (Å²) >= 11 is 5.79. The fourth-order valence-electron chi connectivity index (χ4n) is 6.50. The zero-order valence-electron chi connectivity index (χ0n) is 22.3. The van der Waals surface area contributed by atoms with Crippen LogP contribution in [-0.2, 0) is 18.5 Å². The van der Waals surface area contributed by atoms with Gasteiger partial charge in [-0.15, -0.1) is 0 Å². The first-order valence-electron chi connectivity index (χ1n) is 14.1. The Hall–Kier alpha value is -3.19. The number of rotatable bonds is 6. The van der Waals surface area contributed by atoms with Gasteiger partial charge in [-0.25, -0.2) is 0 Å². The van der Waals surface area contributed by atoms with Gasteiger partial charge < -0.3 is 20.4 Å². The molecule has 2 aliphatic heterocycles. The van der Waals surface area contributed by atoms with Crippen LogP contribution in [0.25, 0.3) is 0 Å². The Morgan fingerprint density at radius 3 is 2.26 bits per heavy atom. The van der Waals surface area contributed by atoms with Crippen molar-refractivity contribution in [1.29, 1.82) is 0 Å². The first kappa shape index (κ1) is 25.1. The van der Waals surface area contributed by atoms with Crippen molar-refractivity contribution in [2.75, 3.05) is 34.8 Å². The van der Waals surface area contributed by atoms with Crippen LogP contribution in [0.15, 0.2) is 60.7 Å². The Kier molecular flexibility index (Phi) is 7.20. The third-order valence-electron chi connectivity index (χ3n) is 8.60. The summed E-state index contributed by atoms with van der Waals surface area (Å²) in [6.45, 7) is 6.94. The molecule has 0 bridgehead atoms. The number of nitrogens with one attached hydrogen (secondary N) is 2. The zero-order valence-corrected chi connectivity index (χ0v) is 23.1. The Balaban J connectivity index is 1.21. The van der Waals surface area contributed by atoms with Crippen LogP contribution in [0.1, 0.15) is 62.1 Å². The van der Waals surface area contributed by atoms with Crippen molar-refractivity contribution in [3.63, 3.8) is 0 Å². The van der Waals surface area contributed by atoms with Crippen molar-refractivity contribution in [3.8, 4) is 0 Å². The maximum absolute atomic E-state index is 5.79.